The van der Waals surface area contributed by atoms with Gasteiger partial charge >= 0.3 is 11.9 Å². The van der Waals surface area contributed by atoms with E-state index in [4.69, 9.17) is 26.9 Å². The minimum absolute atomic E-state index is 0.0882. The van der Waals surface area contributed by atoms with Gasteiger partial charge in [-0.1, -0.05) is 41.6 Å². The summed E-state index contributed by atoms with van der Waals surface area (Å²) in [5, 5.41) is 36.8. The van der Waals surface area contributed by atoms with Crippen molar-refractivity contribution in [1.29, 1.82) is 0 Å². The van der Waals surface area contributed by atoms with E-state index < -0.39 is 18.0 Å². The lowest BCUT2D eigenvalue weighted by Crippen LogP contribution is -2.49. The van der Waals surface area contributed by atoms with Crippen molar-refractivity contribution in [1.82, 2.24) is 9.80 Å². The van der Waals surface area contributed by atoms with Crippen LogP contribution in [0.1, 0.15) is 23.3 Å². The van der Waals surface area contributed by atoms with Gasteiger partial charge in [-0.2, -0.15) is 0 Å². The SMILES string of the molecule is O=C(O)/C=C/C(=O)O.OCCN1CCN([C@@H]2c3ccccc3Sc3ccc(Cl)cc3[C@@H]2O)CC1. The second kappa shape index (κ2) is 12.3. The molecular formula is C24H27ClN2O6S. The van der Waals surface area contributed by atoms with Gasteiger partial charge in [0, 0.05) is 59.7 Å². The number of nitrogens with zero attached hydrogens (tertiary/aromatic N) is 2. The van der Waals surface area contributed by atoms with E-state index in [1.54, 1.807) is 11.8 Å². The Bertz CT molecular complexity index is 1030. The first-order chi connectivity index (χ1) is 16.3. The third-order valence-electron chi connectivity index (χ3n) is 5.63. The average Bonchev–Trinajstić information content (AvgIpc) is 2.93. The number of benzene rings is 2. The standard InChI is InChI=1S/C20H23ClN2O2S.C4H4O4/c21-14-5-6-18-16(13-14)20(25)19(15-3-1-2-4-17(15)26-18)23-9-7-22(8-10-23)11-12-24;5-3(6)1-2-4(7)8/h1-6,13,19-20,24-25H,7-12H2;1-2H,(H,5,6)(H,7,8)/b;2-1+/t19-,20+;/m1./s1. The highest BCUT2D eigenvalue weighted by molar-refractivity contribution is 7.99. The molecule has 2 aliphatic rings. The number of aliphatic carboxylic acids is 2. The summed E-state index contributed by atoms with van der Waals surface area (Å²) in [4.78, 5) is 26.0. The number of aliphatic hydroxyl groups excluding tert-OH is 2. The van der Waals surface area contributed by atoms with Gasteiger partial charge in [-0.05, 0) is 35.4 Å². The number of aliphatic hydroxyl groups is 2. The number of rotatable bonds is 5. The van der Waals surface area contributed by atoms with E-state index in [9.17, 15) is 14.7 Å². The molecule has 2 aromatic carbocycles. The van der Waals surface area contributed by atoms with Gasteiger partial charge in [0.15, 0.2) is 0 Å². The highest BCUT2D eigenvalue weighted by atomic mass is 35.5. The summed E-state index contributed by atoms with van der Waals surface area (Å²) in [6.07, 6.45) is 0.495. The summed E-state index contributed by atoms with van der Waals surface area (Å²) >= 11 is 7.93. The first-order valence-electron chi connectivity index (χ1n) is 10.8. The van der Waals surface area contributed by atoms with Crippen LogP contribution in [0.2, 0.25) is 5.02 Å². The molecule has 8 nitrogen and oxygen atoms in total. The summed E-state index contributed by atoms with van der Waals surface area (Å²) in [5.41, 5.74) is 2.08. The number of carboxylic acids is 2. The summed E-state index contributed by atoms with van der Waals surface area (Å²) in [6.45, 7) is 4.46. The Balaban J connectivity index is 0.000000350. The maximum atomic E-state index is 11.3. The Morgan fingerprint density at radius 2 is 1.59 bits per heavy atom. The van der Waals surface area contributed by atoms with Crippen molar-refractivity contribution in [2.75, 3.05) is 39.3 Å². The molecule has 2 heterocycles. The van der Waals surface area contributed by atoms with Crippen molar-refractivity contribution in [2.24, 2.45) is 0 Å². The molecule has 0 radical (unpaired) electrons. The summed E-state index contributed by atoms with van der Waals surface area (Å²) in [6, 6.07) is 14.1. The van der Waals surface area contributed by atoms with Gasteiger partial charge < -0.3 is 20.4 Å². The molecule has 4 rings (SSSR count). The minimum atomic E-state index is -1.26. The average molecular weight is 507 g/mol. The number of carbonyl (C=O) groups is 2. The van der Waals surface area contributed by atoms with Crippen LogP contribution >= 0.6 is 23.4 Å². The second-order valence-electron chi connectivity index (χ2n) is 7.82. The highest BCUT2D eigenvalue weighted by Gasteiger charge is 2.36. The molecular weight excluding hydrogens is 480 g/mol. The van der Waals surface area contributed by atoms with Crippen LogP contribution in [0.15, 0.2) is 64.4 Å². The molecule has 0 unspecified atom stereocenters. The van der Waals surface area contributed by atoms with E-state index in [1.807, 2.05) is 24.3 Å². The van der Waals surface area contributed by atoms with Crippen LogP contribution in [0.3, 0.4) is 0 Å². The predicted molar refractivity (Wildman–Crippen MR) is 129 cm³/mol. The third-order valence-corrected chi connectivity index (χ3v) is 7.05. The maximum absolute atomic E-state index is 11.3. The van der Waals surface area contributed by atoms with Gasteiger partial charge in [0.05, 0.1) is 18.8 Å². The van der Waals surface area contributed by atoms with E-state index >= 15 is 0 Å². The number of piperazine rings is 1. The fourth-order valence-corrected chi connectivity index (χ4v) is 5.37. The van der Waals surface area contributed by atoms with Crippen molar-refractivity contribution < 1.29 is 30.0 Å². The Morgan fingerprint density at radius 1 is 0.971 bits per heavy atom. The number of halogens is 1. The van der Waals surface area contributed by atoms with Crippen molar-refractivity contribution >= 4 is 35.3 Å². The molecule has 1 saturated heterocycles. The van der Waals surface area contributed by atoms with Gasteiger partial charge in [0.1, 0.15) is 0 Å². The normalized spacial score (nSPS) is 20.6. The molecule has 34 heavy (non-hydrogen) atoms. The van der Waals surface area contributed by atoms with E-state index in [0.717, 1.165) is 36.6 Å². The van der Waals surface area contributed by atoms with Crippen molar-refractivity contribution in [2.45, 2.75) is 21.9 Å². The zero-order valence-electron chi connectivity index (χ0n) is 18.4. The smallest absolute Gasteiger partial charge is 0.328 e. The quantitative estimate of drug-likeness (QED) is 0.453. The maximum Gasteiger partial charge on any atom is 0.328 e. The topological polar surface area (TPSA) is 122 Å². The molecule has 0 bridgehead atoms. The monoisotopic (exact) mass is 506 g/mol. The number of β-amino-alcohol motifs (C(OH)–C–C–N with tert-alkyl or cyclic N) is 1. The summed E-state index contributed by atoms with van der Waals surface area (Å²) in [5.74, 6) is -2.51. The minimum Gasteiger partial charge on any atom is -0.478 e. The van der Waals surface area contributed by atoms with E-state index in [0.29, 0.717) is 23.7 Å². The lowest BCUT2D eigenvalue weighted by molar-refractivity contribution is -0.134. The van der Waals surface area contributed by atoms with E-state index in [2.05, 4.69) is 28.0 Å². The fourth-order valence-electron chi connectivity index (χ4n) is 4.07. The first-order valence-corrected chi connectivity index (χ1v) is 11.9. The van der Waals surface area contributed by atoms with Crippen LogP contribution in [-0.2, 0) is 9.59 Å². The number of hydrogen-bond acceptors (Lipinski definition) is 7. The number of carboxylic acid groups (broad SMARTS) is 2. The van der Waals surface area contributed by atoms with Gasteiger partial charge in [-0.3, -0.25) is 9.80 Å². The van der Waals surface area contributed by atoms with Crippen LogP contribution in [0.5, 0.6) is 0 Å². The molecule has 10 heteroatoms. The molecule has 2 aliphatic heterocycles. The molecule has 2 aromatic rings. The van der Waals surface area contributed by atoms with Crippen LogP contribution in [0.4, 0.5) is 0 Å². The van der Waals surface area contributed by atoms with Gasteiger partial charge in [-0.15, -0.1) is 0 Å². The lowest BCUT2D eigenvalue weighted by Gasteiger charge is -2.41. The second-order valence-corrected chi connectivity index (χ2v) is 9.34. The van der Waals surface area contributed by atoms with E-state index in [-0.39, 0.29) is 12.6 Å². The number of hydrogen-bond donors (Lipinski definition) is 4. The largest absolute Gasteiger partial charge is 0.478 e. The molecule has 1 fully saturated rings. The fraction of sp³-hybridized carbons (Fsp3) is 0.333. The predicted octanol–water partition coefficient (Wildman–Crippen LogP) is 2.90. The van der Waals surface area contributed by atoms with Crippen LogP contribution in [-0.4, -0.2) is 81.5 Å². The Kier molecular flexibility index (Phi) is 9.52. The first kappa shape index (κ1) is 26.2. The van der Waals surface area contributed by atoms with Crippen LogP contribution in [0, 0.1) is 0 Å². The molecule has 4 N–H and O–H groups in total. The molecule has 0 amide bonds. The lowest BCUT2D eigenvalue weighted by atomic mass is 9.94. The Morgan fingerprint density at radius 3 is 2.21 bits per heavy atom. The van der Waals surface area contributed by atoms with Crippen LogP contribution < -0.4 is 0 Å². The molecule has 182 valence electrons. The molecule has 2 atom stereocenters. The Labute approximate surface area is 207 Å². The number of fused-ring (bicyclic) bond motifs is 2. The summed E-state index contributed by atoms with van der Waals surface area (Å²) in [7, 11) is 0. The van der Waals surface area contributed by atoms with Gasteiger partial charge in [0.25, 0.3) is 0 Å². The van der Waals surface area contributed by atoms with Gasteiger partial charge in [-0.25, -0.2) is 9.59 Å². The van der Waals surface area contributed by atoms with Crippen molar-refractivity contribution in [3.63, 3.8) is 0 Å². The molecule has 0 aliphatic carbocycles. The summed E-state index contributed by atoms with van der Waals surface area (Å²) < 4.78 is 0. The Hall–Kier alpha value is -2.40. The molecule has 0 aromatic heterocycles. The van der Waals surface area contributed by atoms with Crippen LogP contribution in [0.25, 0.3) is 0 Å². The van der Waals surface area contributed by atoms with Crippen molar-refractivity contribution in [3.8, 4) is 0 Å². The zero-order chi connectivity index (χ0) is 24.7. The molecule has 0 saturated carbocycles. The zero-order valence-corrected chi connectivity index (χ0v) is 20.0. The van der Waals surface area contributed by atoms with Crippen molar-refractivity contribution in [3.05, 3.63) is 70.8 Å². The van der Waals surface area contributed by atoms with Gasteiger partial charge in [0.2, 0.25) is 0 Å². The third kappa shape index (κ3) is 6.82. The molecule has 0 spiro atoms. The van der Waals surface area contributed by atoms with E-state index in [1.165, 1.54) is 10.5 Å². The highest BCUT2D eigenvalue weighted by Crippen LogP contribution is 2.48.